The van der Waals surface area contributed by atoms with Gasteiger partial charge < -0.3 is 9.42 Å². The third-order valence-electron chi connectivity index (χ3n) is 3.58. The molecule has 1 amide bonds. The Bertz CT molecular complexity index is 629. The van der Waals surface area contributed by atoms with Crippen LogP contribution in [0.1, 0.15) is 40.8 Å². The molecular weight excluding hydrogens is 324 g/mol. The van der Waals surface area contributed by atoms with Gasteiger partial charge in [0.2, 0.25) is 0 Å². The second kappa shape index (κ2) is 5.05. The standard InChI is InChI=1S/C13H15BrN4O2/c1-8-6-11(20-16-8)10-4-3-5-18(10)13(19)12-9(14)7-15-17(12)2/h6-7,10H,3-5H2,1-2H3. The number of rotatable bonds is 2. The van der Waals surface area contributed by atoms with E-state index in [-0.39, 0.29) is 11.9 Å². The Morgan fingerprint density at radius 1 is 1.55 bits per heavy atom. The summed E-state index contributed by atoms with van der Waals surface area (Å²) in [6.07, 6.45) is 3.50. The molecule has 7 heteroatoms. The molecule has 20 heavy (non-hydrogen) atoms. The largest absolute Gasteiger partial charge is 0.359 e. The maximum absolute atomic E-state index is 12.7. The minimum atomic E-state index is -0.0366. The normalized spacial score (nSPS) is 18.8. The number of nitrogens with zero attached hydrogens (tertiary/aromatic N) is 4. The predicted octanol–water partition coefficient (Wildman–Crippen LogP) is 2.46. The van der Waals surface area contributed by atoms with Crippen LogP contribution >= 0.6 is 15.9 Å². The second-order valence-corrected chi connectivity index (χ2v) is 5.85. The van der Waals surface area contributed by atoms with E-state index in [2.05, 4.69) is 26.2 Å². The molecule has 1 atom stereocenters. The molecule has 1 saturated heterocycles. The second-order valence-electron chi connectivity index (χ2n) is 4.99. The minimum absolute atomic E-state index is 0.0339. The van der Waals surface area contributed by atoms with Crippen LogP contribution in [0.4, 0.5) is 0 Å². The maximum Gasteiger partial charge on any atom is 0.273 e. The maximum atomic E-state index is 12.7. The van der Waals surface area contributed by atoms with Crippen LogP contribution in [-0.4, -0.2) is 32.3 Å². The van der Waals surface area contributed by atoms with Gasteiger partial charge in [-0.2, -0.15) is 5.10 Å². The van der Waals surface area contributed by atoms with E-state index in [1.54, 1.807) is 17.9 Å². The van der Waals surface area contributed by atoms with E-state index in [4.69, 9.17) is 4.52 Å². The first-order valence-electron chi connectivity index (χ1n) is 6.49. The van der Waals surface area contributed by atoms with Crippen molar-refractivity contribution in [3.05, 3.63) is 33.9 Å². The van der Waals surface area contributed by atoms with Gasteiger partial charge in [0.15, 0.2) is 5.76 Å². The molecule has 3 heterocycles. The topological polar surface area (TPSA) is 64.2 Å². The number of aromatic nitrogens is 3. The van der Waals surface area contributed by atoms with Crippen LogP contribution < -0.4 is 0 Å². The molecule has 0 aliphatic carbocycles. The number of likely N-dealkylation sites (tertiary alicyclic amines) is 1. The molecule has 0 spiro atoms. The Balaban J connectivity index is 1.91. The van der Waals surface area contributed by atoms with Gasteiger partial charge in [0, 0.05) is 19.7 Å². The van der Waals surface area contributed by atoms with E-state index in [1.807, 2.05) is 17.9 Å². The summed E-state index contributed by atoms with van der Waals surface area (Å²) in [5.74, 6) is 0.722. The first-order valence-corrected chi connectivity index (χ1v) is 7.29. The molecule has 0 radical (unpaired) electrons. The Labute approximate surface area is 124 Å². The average molecular weight is 339 g/mol. The molecule has 2 aromatic rings. The molecule has 6 nitrogen and oxygen atoms in total. The van der Waals surface area contributed by atoms with Gasteiger partial charge in [0.05, 0.1) is 22.4 Å². The third kappa shape index (κ3) is 2.15. The van der Waals surface area contributed by atoms with E-state index < -0.39 is 0 Å². The van der Waals surface area contributed by atoms with Crippen molar-refractivity contribution >= 4 is 21.8 Å². The molecule has 0 N–H and O–H groups in total. The SMILES string of the molecule is Cc1cc(C2CCCN2C(=O)c2c(Br)cnn2C)on1. The fourth-order valence-corrected chi connectivity index (χ4v) is 3.15. The van der Waals surface area contributed by atoms with Gasteiger partial charge in [-0.3, -0.25) is 9.48 Å². The zero-order valence-corrected chi connectivity index (χ0v) is 12.9. The Hall–Kier alpha value is -1.63. The van der Waals surface area contributed by atoms with E-state index in [1.165, 1.54) is 0 Å². The number of amides is 1. The van der Waals surface area contributed by atoms with Crippen molar-refractivity contribution in [2.75, 3.05) is 6.54 Å². The molecule has 0 saturated carbocycles. The smallest absolute Gasteiger partial charge is 0.273 e. The fraction of sp³-hybridized carbons (Fsp3) is 0.462. The van der Waals surface area contributed by atoms with Gasteiger partial charge in [-0.1, -0.05) is 5.16 Å². The molecule has 0 aromatic carbocycles. The van der Waals surface area contributed by atoms with Crippen LogP contribution in [-0.2, 0) is 7.05 Å². The highest BCUT2D eigenvalue weighted by molar-refractivity contribution is 9.10. The Kier molecular flexibility index (Phi) is 3.37. The summed E-state index contributed by atoms with van der Waals surface area (Å²) in [5.41, 5.74) is 1.40. The number of hydrogen-bond donors (Lipinski definition) is 0. The van der Waals surface area contributed by atoms with Gasteiger partial charge in [-0.25, -0.2) is 0 Å². The molecule has 1 unspecified atom stereocenters. The highest BCUT2D eigenvalue weighted by atomic mass is 79.9. The number of aryl methyl sites for hydroxylation is 2. The lowest BCUT2D eigenvalue weighted by Crippen LogP contribution is -2.32. The summed E-state index contributed by atoms with van der Waals surface area (Å²) in [6.45, 7) is 2.60. The van der Waals surface area contributed by atoms with E-state index in [9.17, 15) is 4.79 Å². The van der Waals surface area contributed by atoms with Gasteiger partial charge in [-0.15, -0.1) is 0 Å². The monoisotopic (exact) mass is 338 g/mol. The highest BCUT2D eigenvalue weighted by Gasteiger charge is 2.35. The summed E-state index contributed by atoms with van der Waals surface area (Å²) in [4.78, 5) is 14.5. The van der Waals surface area contributed by atoms with Crippen LogP contribution in [0.3, 0.4) is 0 Å². The molecule has 2 aromatic heterocycles. The van der Waals surface area contributed by atoms with Crippen LogP contribution in [0.5, 0.6) is 0 Å². The summed E-state index contributed by atoms with van der Waals surface area (Å²) in [7, 11) is 1.77. The Morgan fingerprint density at radius 3 is 2.95 bits per heavy atom. The first kappa shape index (κ1) is 13.4. The van der Waals surface area contributed by atoms with Crippen LogP contribution in [0, 0.1) is 6.92 Å². The number of hydrogen-bond acceptors (Lipinski definition) is 4. The van der Waals surface area contributed by atoms with E-state index in [0.717, 1.165) is 30.8 Å². The summed E-state index contributed by atoms with van der Waals surface area (Å²) < 4.78 is 7.63. The zero-order valence-electron chi connectivity index (χ0n) is 11.3. The quantitative estimate of drug-likeness (QED) is 0.843. The lowest BCUT2D eigenvalue weighted by atomic mass is 10.1. The average Bonchev–Trinajstić information content (AvgIpc) is 3.09. The third-order valence-corrected chi connectivity index (χ3v) is 4.17. The molecule has 1 aliphatic heterocycles. The molecule has 106 valence electrons. The van der Waals surface area contributed by atoms with Crippen LogP contribution in [0.2, 0.25) is 0 Å². The molecule has 0 bridgehead atoms. The zero-order chi connectivity index (χ0) is 14.3. The number of carbonyl (C=O) groups excluding carboxylic acids is 1. The van der Waals surface area contributed by atoms with Crippen molar-refractivity contribution in [1.82, 2.24) is 19.8 Å². The lowest BCUT2D eigenvalue weighted by molar-refractivity contribution is 0.0702. The number of carbonyl (C=O) groups is 1. The van der Waals surface area contributed by atoms with Gasteiger partial charge in [0.1, 0.15) is 5.69 Å². The van der Waals surface area contributed by atoms with Gasteiger partial charge in [-0.05, 0) is 35.7 Å². The minimum Gasteiger partial charge on any atom is -0.359 e. The van der Waals surface area contributed by atoms with Crippen molar-refractivity contribution in [1.29, 1.82) is 0 Å². The molecule has 1 fully saturated rings. The molecule has 3 rings (SSSR count). The van der Waals surface area contributed by atoms with Gasteiger partial charge in [0.25, 0.3) is 5.91 Å². The van der Waals surface area contributed by atoms with Crippen molar-refractivity contribution in [3.63, 3.8) is 0 Å². The van der Waals surface area contributed by atoms with Crippen molar-refractivity contribution in [2.45, 2.75) is 25.8 Å². The van der Waals surface area contributed by atoms with Crippen LogP contribution in [0.15, 0.2) is 21.3 Å². The summed E-state index contributed by atoms with van der Waals surface area (Å²) in [5, 5.41) is 8.01. The summed E-state index contributed by atoms with van der Waals surface area (Å²) >= 11 is 3.38. The predicted molar refractivity (Wildman–Crippen MR) is 75.2 cm³/mol. The Morgan fingerprint density at radius 2 is 2.35 bits per heavy atom. The van der Waals surface area contributed by atoms with Gasteiger partial charge >= 0.3 is 0 Å². The fourth-order valence-electron chi connectivity index (χ4n) is 2.63. The van der Waals surface area contributed by atoms with Crippen molar-refractivity contribution in [2.24, 2.45) is 7.05 Å². The molecule has 1 aliphatic rings. The first-order chi connectivity index (χ1) is 9.58. The van der Waals surface area contributed by atoms with Crippen LogP contribution in [0.25, 0.3) is 0 Å². The lowest BCUT2D eigenvalue weighted by Gasteiger charge is -2.22. The molecular formula is C13H15BrN4O2. The van der Waals surface area contributed by atoms with E-state index >= 15 is 0 Å². The summed E-state index contributed by atoms with van der Waals surface area (Å²) in [6, 6.07) is 1.86. The number of halogens is 1. The van der Waals surface area contributed by atoms with E-state index in [0.29, 0.717) is 10.2 Å². The van der Waals surface area contributed by atoms with Crippen molar-refractivity contribution < 1.29 is 9.32 Å². The highest BCUT2D eigenvalue weighted by Crippen LogP contribution is 2.34. The van der Waals surface area contributed by atoms with Crippen molar-refractivity contribution in [3.8, 4) is 0 Å².